The van der Waals surface area contributed by atoms with Crippen LogP contribution in [0.4, 0.5) is 0 Å². The molecular weight excluding hydrogens is 592 g/mol. The third-order valence-corrected chi connectivity index (χ3v) is 7.48. The van der Waals surface area contributed by atoms with E-state index >= 15 is 0 Å². The van der Waals surface area contributed by atoms with Crippen LogP contribution >= 0.6 is 0 Å². The summed E-state index contributed by atoms with van der Waals surface area (Å²) in [5.41, 5.74) is -0.867. The van der Waals surface area contributed by atoms with Gasteiger partial charge in [0.05, 0.1) is 19.8 Å². The second-order valence-corrected chi connectivity index (χ2v) is 10.5. The first-order valence-electron chi connectivity index (χ1n) is 13.5. The molecule has 2 aliphatic heterocycles. The van der Waals surface area contributed by atoms with Gasteiger partial charge in [-0.05, 0) is 19.1 Å². The van der Waals surface area contributed by atoms with Gasteiger partial charge in [0, 0.05) is 19.1 Å². The molecule has 0 amide bonds. The minimum absolute atomic E-state index is 0.00529. The normalized spacial score (nSPS) is 32.5. The van der Waals surface area contributed by atoms with Crippen molar-refractivity contribution in [2.75, 3.05) is 13.7 Å². The molecule has 0 spiro atoms. The predicted molar refractivity (Wildman–Crippen MR) is 145 cm³/mol. The van der Waals surface area contributed by atoms with Crippen LogP contribution in [-0.4, -0.2) is 117 Å². The van der Waals surface area contributed by atoms with Crippen molar-refractivity contribution in [1.82, 2.24) is 0 Å². The summed E-state index contributed by atoms with van der Waals surface area (Å²) in [5, 5.41) is 73.1. The molecule has 0 saturated carbocycles. The summed E-state index contributed by atoms with van der Waals surface area (Å²) in [7, 11) is 1.36. The number of aromatic hydroxyl groups is 2. The monoisotopic (exact) mass is 624 g/mol. The molecule has 0 radical (unpaired) electrons. The molecule has 0 bridgehead atoms. The summed E-state index contributed by atoms with van der Waals surface area (Å²) in [6.07, 6.45) is -15.3. The second-order valence-electron chi connectivity index (χ2n) is 10.5. The van der Waals surface area contributed by atoms with Crippen LogP contribution in [0.3, 0.4) is 0 Å². The molecule has 2 aliphatic rings. The number of methoxy groups -OCH3 is 1. The van der Waals surface area contributed by atoms with Crippen LogP contribution in [0.1, 0.15) is 13.8 Å². The Bertz CT molecular complexity index is 1590. The van der Waals surface area contributed by atoms with Gasteiger partial charge in [0.15, 0.2) is 23.9 Å². The SMILES string of the molecule is COc1cc(O)c2c(=O)c3c(O)c(OC4OC(COC5OC(C)C(OC(C)=O)C(O)C5O)C(O)C(O)C4O)ccc3oc2c1. The van der Waals surface area contributed by atoms with Gasteiger partial charge in [0.2, 0.25) is 11.7 Å². The van der Waals surface area contributed by atoms with Gasteiger partial charge in [0.25, 0.3) is 0 Å². The number of aliphatic hydroxyl groups is 5. The van der Waals surface area contributed by atoms with Crippen molar-refractivity contribution in [1.29, 1.82) is 0 Å². The third-order valence-electron chi connectivity index (χ3n) is 7.48. The number of esters is 1. The first-order chi connectivity index (χ1) is 20.8. The molecule has 16 heteroatoms. The van der Waals surface area contributed by atoms with E-state index < -0.39 is 90.9 Å². The molecule has 3 aromatic rings. The molecule has 10 atom stereocenters. The number of hydrogen-bond acceptors (Lipinski definition) is 16. The fourth-order valence-corrected chi connectivity index (χ4v) is 5.16. The lowest BCUT2D eigenvalue weighted by Gasteiger charge is -2.43. The lowest BCUT2D eigenvalue weighted by molar-refractivity contribution is -0.319. The molecule has 0 aliphatic carbocycles. The second kappa shape index (κ2) is 12.3. The van der Waals surface area contributed by atoms with Crippen molar-refractivity contribution in [3.63, 3.8) is 0 Å². The zero-order valence-electron chi connectivity index (χ0n) is 23.6. The molecule has 10 unspecified atom stereocenters. The average molecular weight is 625 g/mol. The van der Waals surface area contributed by atoms with E-state index in [-0.39, 0.29) is 33.4 Å². The van der Waals surface area contributed by atoms with Crippen molar-refractivity contribution < 1.29 is 73.4 Å². The standard InChI is InChI=1S/C28H32O16/c1-9-26(41-10(2)29)23(35)25(37)27(40-9)39-8-16-20(32)22(34)24(36)28(44-16)43-14-5-4-13-18(19(14)31)21(33)17-12(30)6-11(38-3)7-15(17)42-13/h4-7,9,16,20,22-28,30-32,34-37H,8H2,1-3H3. The zero-order valence-corrected chi connectivity index (χ0v) is 23.6. The third kappa shape index (κ3) is 5.73. The van der Waals surface area contributed by atoms with E-state index in [2.05, 4.69) is 0 Å². The number of ether oxygens (including phenoxy) is 6. The maximum Gasteiger partial charge on any atom is 0.303 e. The van der Waals surface area contributed by atoms with Crippen LogP contribution in [0.25, 0.3) is 21.9 Å². The van der Waals surface area contributed by atoms with E-state index in [4.69, 9.17) is 32.8 Å². The number of fused-ring (bicyclic) bond motifs is 2. The van der Waals surface area contributed by atoms with Crippen molar-refractivity contribution in [3.05, 3.63) is 34.5 Å². The topological polar surface area (TPSA) is 244 Å². The quantitative estimate of drug-likeness (QED) is 0.123. The molecule has 7 N–H and O–H groups in total. The molecular formula is C28H32O16. The van der Waals surface area contributed by atoms with E-state index in [1.807, 2.05) is 0 Å². The summed E-state index contributed by atoms with van der Waals surface area (Å²) in [4.78, 5) is 24.6. The highest BCUT2D eigenvalue weighted by molar-refractivity contribution is 5.97. The number of rotatable bonds is 7. The predicted octanol–water partition coefficient (Wildman–Crippen LogP) is -1.03. The molecule has 1 aromatic heterocycles. The first kappa shape index (κ1) is 31.7. The molecule has 16 nitrogen and oxygen atoms in total. The van der Waals surface area contributed by atoms with E-state index in [1.54, 1.807) is 0 Å². The average Bonchev–Trinajstić information content (AvgIpc) is 2.97. The summed E-state index contributed by atoms with van der Waals surface area (Å²) >= 11 is 0. The number of carbonyl (C=O) groups is 1. The molecule has 2 aromatic carbocycles. The highest BCUT2D eigenvalue weighted by Gasteiger charge is 2.48. The minimum Gasteiger partial charge on any atom is -0.507 e. The van der Waals surface area contributed by atoms with Crippen molar-refractivity contribution >= 4 is 27.9 Å². The summed E-state index contributed by atoms with van der Waals surface area (Å²) in [6.45, 7) is 2.06. The molecule has 44 heavy (non-hydrogen) atoms. The fourth-order valence-electron chi connectivity index (χ4n) is 5.16. The van der Waals surface area contributed by atoms with Gasteiger partial charge in [-0.25, -0.2) is 0 Å². The lowest BCUT2D eigenvalue weighted by Crippen LogP contribution is -2.62. The summed E-state index contributed by atoms with van der Waals surface area (Å²) in [5.74, 6) is -2.02. The largest absolute Gasteiger partial charge is 0.507 e. The van der Waals surface area contributed by atoms with Gasteiger partial charge >= 0.3 is 5.97 Å². The Kier molecular flexibility index (Phi) is 8.88. The Balaban J connectivity index is 1.35. The van der Waals surface area contributed by atoms with Crippen molar-refractivity contribution in [3.8, 4) is 23.0 Å². The van der Waals surface area contributed by atoms with Crippen LogP contribution in [0, 0.1) is 0 Å². The van der Waals surface area contributed by atoms with Gasteiger partial charge in [-0.15, -0.1) is 0 Å². The highest BCUT2D eigenvalue weighted by atomic mass is 16.7. The van der Waals surface area contributed by atoms with Crippen LogP contribution in [0.15, 0.2) is 33.5 Å². The van der Waals surface area contributed by atoms with Gasteiger partial charge < -0.3 is 68.6 Å². The Hall–Kier alpha value is -3.74. The Morgan fingerprint density at radius 1 is 0.886 bits per heavy atom. The van der Waals surface area contributed by atoms with Crippen molar-refractivity contribution in [2.45, 2.75) is 75.3 Å². The number of phenols is 2. The first-order valence-corrected chi connectivity index (χ1v) is 13.5. The van der Waals surface area contributed by atoms with Crippen LogP contribution in [0.2, 0.25) is 0 Å². The molecule has 240 valence electrons. The van der Waals surface area contributed by atoms with Crippen LogP contribution < -0.4 is 14.9 Å². The fraction of sp³-hybridized carbons (Fsp3) is 0.500. The van der Waals surface area contributed by atoms with Gasteiger partial charge in [-0.2, -0.15) is 0 Å². The maximum atomic E-state index is 13.2. The zero-order chi connectivity index (χ0) is 32.0. The number of aliphatic hydroxyl groups excluding tert-OH is 5. The van der Waals surface area contributed by atoms with Crippen LogP contribution in [0.5, 0.6) is 23.0 Å². The Morgan fingerprint density at radius 2 is 1.59 bits per heavy atom. The van der Waals surface area contributed by atoms with Crippen LogP contribution in [-0.2, 0) is 23.7 Å². The number of carbonyl (C=O) groups excluding carboxylic acids is 1. The van der Waals surface area contributed by atoms with E-state index in [1.165, 1.54) is 38.3 Å². The van der Waals surface area contributed by atoms with Gasteiger partial charge in [-0.1, -0.05) is 0 Å². The van der Waals surface area contributed by atoms with E-state index in [0.29, 0.717) is 0 Å². The lowest BCUT2D eigenvalue weighted by atomic mass is 9.98. The van der Waals surface area contributed by atoms with Crippen molar-refractivity contribution in [2.24, 2.45) is 0 Å². The van der Waals surface area contributed by atoms with Gasteiger partial charge in [0.1, 0.15) is 70.1 Å². The smallest absolute Gasteiger partial charge is 0.303 e. The molecule has 2 fully saturated rings. The van der Waals surface area contributed by atoms with E-state index in [0.717, 1.165) is 6.92 Å². The molecule has 3 heterocycles. The highest BCUT2D eigenvalue weighted by Crippen LogP contribution is 2.38. The Morgan fingerprint density at radius 3 is 2.27 bits per heavy atom. The van der Waals surface area contributed by atoms with Gasteiger partial charge in [-0.3, -0.25) is 9.59 Å². The minimum atomic E-state index is -1.84. The maximum absolute atomic E-state index is 13.2. The molecule has 2 saturated heterocycles. The van der Waals surface area contributed by atoms with E-state index in [9.17, 15) is 45.3 Å². The Labute approximate surface area is 248 Å². The molecule has 5 rings (SSSR count). The summed E-state index contributed by atoms with van der Waals surface area (Å²) in [6, 6.07) is 5.08. The number of benzene rings is 2. The number of phenolic OH excluding ortho intramolecular Hbond substituents is 2. The summed E-state index contributed by atoms with van der Waals surface area (Å²) < 4.78 is 38.0. The number of hydrogen-bond donors (Lipinski definition) is 7.